The van der Waals surface area contributed by atoms with E-state index in [-0.39, 0.29) is 5.69 Å². The van der Waals surface area contributed by atoms with Gasteiger partial charge in [0, 0.05) is 17.5 Å². The van der Waals surface area contributed by atoms with Crippen molar-refractivity contribution in [2.75, 3.05) is 0 Å². The number of nitrogens with zero attached hydrogens (tertiary/aromatic N) is 3. The zero-order chi connectivity index (χ0) is 12.6. The normalized spacial score (nSPS) is 12.5. The predicted octanol–water partition coefficient (Wildman–Crippen LogP) is 1.59. The third kappa shape index (κ3) is 1.82. The monoisotopic (exact) mass is 235 g/mol. The minimum absolute atomic E-state index is 0.0863. The highest BCUT2D eigenvalue weighted by molar-refractivity contribution is 5.83. The van der Waals surface area contributed by atoms with E-state index in [0.29, 0.717) is 10.9 Å². The highest BCUT2D eigenvalue weighted by Crippen LogP contribution is 2.23. The van der Waals surface area contributed by atoms with E-state index >= 15 is 0 Å². The minimum Gasteiger partial charge on any atom is -0.480 e. The van der Waals surface area contributed by atoms with Crippen LogP contribution in [0.2, 0.25) is 0 Å². The van der Waals surface area contributed by atoms with Crippen LogP contribution in [0.4, 0.5) is 5.69 Å². The van der Waals surface area contributed by atoms with Gasteiger partial charge >= 0.3 is 5.97 Å². The molecule has 17 heavy (non-hydrogen) atoms. The molecule has 2 rings (SSSR count). The first kappa shape index (κ1) is 11.1. The number of carboxylic acids is 1. The quantitative estimate of drug-likeness (QED) is 0.643. The Hall–Kier alpha value is -2.44. The predicted molar refractivity (Wildman–Crippen MR) is 58.7 cm³/mol. The summed E-state index contributed by atoms with van der Waals surface area (Å²) in [5.41, 5.74) is 0.353. The number of hydrogen-bond acceptors (Lipinski definition) is 4. The molecule has 0 fully saturated rings. The summed E-state index contributed by atoms with van der Waals surface area (Å²) >= 11 is 0. The molecule has 0 amide bonds. The van der Waals surface area contributed by atoms with Crippen molar-refractivity contribution in [1.82, 2.24) is 9.78 Å². The molecule has 7 nitrogen and oxygen atoms in total. The summed E-state index contributed by atoms with van der Waals surface area (Å²) in [6, 6.07) is 3.36. The zero-order valence-corrected chi connectivity index (χ0v) is 8.90. The second-order valence-corrected chi connectivity index (χ2v) is 3.60. The number of aliphatic carboxylic acids is 1. The molecule has 0 aliphatic carbocycles. The summed E-state index contributed by atoms with van der Waals surface area (Å²) in [4.78, 5) is 21.0. The molecule has 0 radical (unpaired) electrons. The van der Waals surface area contributed by atoms with Gasteiger partial charge in [-0.15, -0.1) is 0 Å². The van der Waals surface area contributed by atoms with Gasteiger partial charge in [0.2, 0.25) is 0 Å². The molecular weight excluding hydrogens is 226 g/mol. The van der Waals surface area contributed by atoms with Crippen molar-refractivity contribution in [3.05, 3.63) is 34.5 Å². The Morgan fingerprint density at radius 2 is 2.29 bits per heavy atom. The number of carboxylic acid groups (broad SMARTS) is 1. The number of hydrogen-bond donors (Lipinski definition) is 1. The minimum atomic E-state index is -1.04. The number of fused-ring (bicyclic) bond motifs is 1. The number of nitro benzene ring substituents is 1. The lowest BCUT2D eigenvalue weighted by atomic mass is 10.2. The van der Waals surface area contributed by atoms with Crippen molar-refractivity contribution < 1.29 is 14.8 Å². The average molecular weight is 235 g/mol. The maximum atomic E-state index is 10.9. The van der Waals surface area contributed by atoms with E-state index in [1.165, 1.54) is 29.9 Å². The van der Waals surface area contributed by atoms with Crippen LogP contribution in [0.25, 0.3) is 10.9 Å². The fourth-order valence-corrected chi connectivity index (χ4v) is 1.55. The summed E-state index contributed by atoms with van der Waals surface area (Å²) < 4.78 is 1.25. The lowest BCUT2D eigenvalue weighted by Gasteiger charge is -2.07. The topological polar surface area (TPSA) is 98.3 Å². The molecule has 1 N–H and O–H groups in total. The molecule has 2 aromatic rings. The molecule has 0 aliphatic heterocycles. The Balaban J connectivity index is 2.61. The lowest BCUT2D eigenvalue weighted by molar-refractivity contribution is -0.384. The van der Waals surface area contributed by atoms with E-state index < -0.39 is 16.9 Å². The number of benzene rings is 1. The zero-order valence-electron chi connectivity index (χ0n) is 8.90. The Morgan fingerprint density at radius 3 is 2.88 bits per heavy atom. The highest BCUT2D eigenvalue weighted by Gasteiger charge is 2.18. The van der Waals surface area contributed by atoms with Gasteiger partial charge in [-0.05, 0) is 13.0 Å². The van der Waals surface area contributed by atoms with Crippen LogP contribution < -0.4 is 0 Å². The van der Waals surface area contributed by atoms with Crippen molar-refractivity contribution in [1.29, 1.82) is 0 Å². The standard InChI is InChI=1S/C10H9N3O4/c1-6(10(14)15)12-9-4-8(13(16)17)3-2-7(9)5-11-12/h2-6H,1H3,(H,14,15)/t6-/m1/s1. The first-order chi connectivity index (χ1) is 8.00. The maximum Gasteiger partial charge on any atom is 0.328 e. The SMILES string of the molecule is C[C@H](C(=O)O)n1ncc2ccc([N+](=O)[O-])cc21. The molecule has 0 saturated heterocycles. The third-order valence-corrected chi connectivity index (χ3v) is 2.52. The number of carbonyl (C=O) groups is 1. The van der Waals surface area contributed by atoms with E-state index in [9.17, 15) is 14.9 Å². The van der Waals surface area contributed by atoms with Crippen molar-refractivity contribution in [3.63, 3.8) is 0 Å². The summed E-state index contributed by atoms with van der Waals surface area (Å²) in [5, 5.41) is 24.1. The molecule has 1 aromatic heterocycles. The van der Waals surface area contributed by atoms with Gasteiger partial charge in [-0.3, -0.25) is 14.8 Å². The van der Waals surface area contributed by atoms with E-state index in [1.807, 2.05) is 0 Å². The molecule has 1 heterocycles. The lowest BCUT2D eigenvalue weighted by Crippen LogP contribution is -2.16. The van der Waals surface area contributed by atoms with Crippen LogP contribution in [0.3, 0.4) is 0 Å². The molecule has 7 heteroatoms. The molecule has 0 unspecified atom stereocenters. The van der Waals surface area contributed by atoms with Crippen molar-refractivity contribution in [2.24, 2.45) is 0 Å². The van der Waals surface area contributed by atoms with Crippen molar-refractivity contribution in [2.45, 2.75) is 13.0 Å². The molecule has 0 saturated carbocycles. The van der Waals surface area contributed by atoms with Crippen LogP contribution in [0, 0.1) is 10.1 Å². The van der Waals surface area contributed by atoms with Crippen LogP contribution in [0.5, 0.6) is 0 Å². The highest BCUT2D eigenvalue weighted by atomic mass is 16.6. The van der Waals surface area contributed by atoms with E-state index in [0.717, 1.165) is 0 Å². The van der Waals surface area contributed by atoms with Crippen LogP contribution in [-0.4, -0.2) is 25.8 Å². The van der Waals surface area contributed by atoms with Gasteiger partial charge in [-0.1, -0.05) is 0 Å². The van der Waals surface area contributed by atoms with E-state index in [4.69, 9.17) is 5.11 Å². The fourth-order valence-electron chi connectivity index (χ4n) is 1.55. The number of nitro groups is 1. The van der Waals surface area contributed by atoms with Gasteiger partial charge < -0.3 is 5.11 Å². The summed E-state index contributed by atoms with van der Waals surface area (Å²) in [7, 11) is 0. The fraction of sp³-hybridized carbons (Fsp3) is 0.200. The van der Waals surface area contributed by atoms with Gasteiger partial charge in [-0.2, -0.15) is 5.10 Å². The van der Waals surface area contributed by atoms with Gasteiger partial charge in [0.15, 0.2) is 0 Å². The average Bonchev–Trinajstić information content (AvgIpc) is 2.70. The molecule has 1 atom stereocenters. The Morgan fingerprint density at radius 1 is 1.59 bits per heavy atom. The van der Waals surface area contributed by atoms with Crippen LogP contribution in [0.15, 0.2) is 24.4 Å². The largest absolute Gasteiger partial charge is 0.480 e. The Labute approximate surface area is 95.4 Å². The first-order valence-electron chi connectivity index (χ1n) is 4.85. The summed E-state index contributed by atoms with van der Waals surface area (Å²) in [5.74, 6) is -1.04. The van der Waals surface area contributed by atoms with Crippen molar-refractivity contribution in [3.8, 4) is 0 Å². The maximum absolute atomic E-state index is 10.9. The Kier molecular flexibility index (Phi) is 2.51. The van der Waals surface area contributed by atoms with Gasteiger partial charge in [0.05, 0.1) is 16.6 Å². The molecule has 88 valence electrons. The Bertz CT molecular complexity index is 605. The molecule has 0 spiro atoms. The molecular formula is C10H9N3O4. The van der Waals surface area contributed by atoms with Crippen LogP contribution >= 0.6 is 0 Å². The van der Waals surface area contributed by atoms with E-state index in [1.54, 1.807) is 6.07 Å². The second kappa shape index (κ2) is 3.85. The molecule has 0 bridgehead atoms. The summed E-state index contributed by atoms with van der Waals surface area (Å²) in [6.45, 7) is 1.47. The number of non-ortho nitro benzene ring substituents is 1. The number of rotatable bonds is 3. The molecule has 0 aliphatic rings. The summed E-state index contributed by atoms with van der Waals surface area (Å²) in [6.07, 6.45) is 1.48. The second-order valence-electron chi connectivity index (χ2n) is 3.60. The number of aromatic nitrogens is 2. The van der Waals surface area contributed by atoms with Crippen molar-refractivity contribution >= 4 is 22.6 Å². The van der Waals surface area contributed by atoms with E-state index in [2.05, 4.69) is 5.10 Å². The van der Waals surface area contributed by atoms with Gasteiger partial charge in [0.1, 0.15) is 6.04 Å². The molecule has 1 aromatic carbocycles. The smallest absolute Gasteiger partial charge is 0.328 e. The van der Waals surface area contributed by atoms with Crippen LogP contribution in [0.1, 0.15) is 13.0 Å². The van der Waals surface area contributed by atoms with Gasteiger partial charge in [-0.25, -0.2) is 4.79 Å². The van der Waals surface area contributed by atoms with Gasteiger partial charge in [0.25, 0.3) is 5.69 Å². The van der Waals surface area contributed by atoms with Crippen LogP contribution in [-0.2, 0) is 4.79 Å². The first-order valence-corrected chi connectivity index (χ1v) is 4.85. The third-order valence-electron chi connectivity index (χ3n) is 2.52.